The summed E-state index contributed by atoms with van der Waals surface area (Å²) in [5.41, 5.74) is 4.00. The molecule has 1 amide bonds. The molecule has 0 saturated carbocycles. The van der Waals surface area contributed by atoms with E-state index in [0.29, 0.717) is 31.3 Å². The molecule has 1 saturated heterocycles. The Kier molecular flexibility index (Phi) is 5.80. The molecule has 3 rings (SSSR count). The lowest BCUT2D eigenvalue weighted by atomic mass is 9.75. The van der Waals surface area contributed by atoms with Gasteiger partial charge in [-0.1, -0.05) is 27.7 Å². The number of rotatable bonds is 6. The lowest BCUT2D eigenvalue weighted by Crippen LogP contribution is -2.38. The molecular formula is C22H35N3O2. The van der Waals surface area contributed by atoms with Crippen LogP contribution < -0.4 is 10.6 Å². The van der Waals surface area contributed by atoms with E-state index in [4.69, 9.17) is 0 Å². The molecule has 0 unspecified atom stereocenters. The molecule has 2 heterocycles. The zero-order valence-electron chi connectivity index (χ0n) is 17.6. The lowest BCUT2D eigenvalue weighted by molar-refractivity contribution is -0.120. The predicted octanol–water partition coefficient (Wildman–Crippen LogP) is 3.02. The van der Waals surface area contributed by atoms with Gasteiger partial charge in [0.05, 0.1) is 6.42 Å². The van der Waals surface area contributed by atoms with Gasteiger partial charge in [-0.2, -0.15) is 0 Å². The molecule has 2 aliphatic rings. The molecule has 0 spiro atoms. The predicted molar refractivity (Wildman–Crippen MR) is 108 cm³/mol. The first-order valence-electron chi connectivity index (χ1n) is 10.4. The maximum absolute atomic E-state index is 13.0. The number of aromatic nitrogens is 1. The SMILES string of the molecule is Cc1c(CC(=O)NC[C@@H]2CCCN2)c2c(n1CC(C)C)CC(C)(C)CC2=O. The third-order valence-electron chi connectivity index (χ3n) is 5.91. The fourth-order valence-corrected chi connectivity index (χ4v) is 4.63. The summed E-state index contributed by atoms with van der Waals surface area (Å²) in [4.78, 5) is 25.6. The second kappa shape index (κ2) is 7.78. The summed E-state index contributed by atoms with van der Waals surface area (Å²) in [7, 11) is 0. The monoisotopic (exact) mass is 373 g/mol. The van der Waals surface area contributed by atoms with Crippen LogP contribution in [0.5, 0.6) is 0 Å². The van der Waals surface area contributed by atoms with Crippen LogP contribution in [0.25, 0.3) is 0 Å². The first-order valence-corrected chi connectivity index (χ1v) is 10.4. The molecule has 1 aromatic heterocycles. The highest BCUT2D eigenvalue weighted by atomic mass is 16.1. The van der Waals surface area contributed by atoms with Crippen molar-refractivity contribution in [3.8, 4) is 0 Å². The number of ketones is 1. The Morgan fingerprint density at radius 1 is 1.33 bits per heavy atom. The summed E-state index contributed by atoms with van der Waals surface area (Å²) in [6, 6.07) is 0.386. The molecule has 5 nitrogen and oxygen atoms in total. The Bertz CT molecular complexity index is 724. The summed E-state index contributed by atoms with van der Waals surface area (Å²) in [6.45, 7) is 13.4. The standard InChI is InChI=1S/C22H35N3O2/c1-14(2)13-25-15(3)17(9-20(27)24-12-16-7-6-8-23-16)21-18(25)10-22(4,5)11-19(21)26/h14,16,23H,6-13H2,1-5H3,(H,24,27)/t16-/m0/s1. The number of hydrogen-bond acceptors (Lipinski definition) is 3. The third-order valence-corrected chi connectivity index (χ3v) is 5.91. The second-order valence-corrected chi connectivity index (χ2v) is 9.61. The topological polar surface area (TPSA) is 63.1 Å². The Labute approximate surface area is 163 Å². The molecule has 1 aromatic rings. The number of fused-ring (bicyclic) bond motifs is 1. The Morgan fingerprint density at radius 2 is 2.07 bits per heavy atom. The van der Waals surface area contributed by atoms with Gasteiger partial charge in [-0.05, 0) is 49.6 Å². The van der Waals surface area contributed by atoms with Gasteiger partial charge in [0.1, 0.15) is 0 Å². The highest BCUT2D eigenvalue weighted by molar-refractivity contribution is 6.01. The van der Waals surface area contributed by atoms with Crippen LogP contribution in [-0.4, -0.2) is 35.4 Å². The molecule has 0 aromatic carbocycles. The van der Waals surface area contributed by atoms with Crippen molar-refractivity contribution in [2.24, 2.45) is 11.3 Å². The van der Waals surface area contributed by atoms with Crippen LogP contribution in [0.3, 0.4) is 0 Å². The van der Waals surface area contributed by atoms with Gasteiger partial charge in [0.15, 0.2) is 5.78 Å². The van der Waals surface area contributed by atoms with E-state index in [2.05, 4.69) is 49.8 Å². The van der Waals surface area contributed by atoms with Crippen LogP contribution in [0, 0.1) is 18.3 Å². The molecule has 1 atom stereocenters. The van der Waals surface area contributed by atoms with Crippen LogP contribution in [0.2, 0.25) is 0 Å². The Morgan fingerprint density at radius 3 is 2.70 bits per heavy atom. The molecule has 5 heteroatoms. The van der Waals surface area contributed by atoms with Crippen molar-refractivity contribution in [2.45, 2.75) is 79.3 Å². The van der Waals surface area contributed by atoms with E-state index in [1.807, 2.05) is 0 Å². The Hall–Kier alpha value is -1.62. The first kappa shape index (κ1) is 20.1. The maximum atomic E-state index is 13.0. The molecule has 150 valence electrons. The zero-order valence-corrected chi connectivity index (χ0v) is 17.6. The summed E-state index contributed by atoms with van der Waals surface area (Å²) >= 11 is 0. The van der Waals surface area contributed by atoms with E-state index in [1.165, 1.54) is 6.42 Å². The average Bonchev–Trinajstić information content (AvgIpc) is 3.14. The fourth-order valence-electron chi connectivity index (χ4n) is 4.63. The normalized spacial score (nSPS) is 21.6. The summed E-state index contributed by atoms with van der Waals surface area (Å²) in [5, 5.41) is 6.47. The highest BCUT2D eigenvalue weighted by Crippen LogP contribution is 2.39. The quantitative estimate of drug-likeness (QED) is 0.806. The van der Waals surface area contributed by atoms with Gasteiger partial charge in [0.2, 0.25) is 5.91 Å². The van der Waals surface area contributed by atoms with Crippen LogP contribution in [0.1, 0.15) is 74.3 Å². The molecule has 1 aliphatic carbocycles. The van der Waals surface area contributed by atoms with E-state index in [9.17, 15) is 9.59 Å². The van der Waals surface area contributed by atoms with Gasteiger partial charge in [-0.25, -0.2) is 0 Å². The number of Topliss-reactive ketones (excluding diaryl/α,β-unsaturated/α-hetero) is 1. The van der Waals surface area contributed by atoms with Crippen LogP contribution >= 0.6 is 0 Å². The van der Waals surface area contributed by atoms with Gasteiger partial charge >= 0.3 is 0 Å². The van der Waals surface area contributed by atoms with Gasteiger partial charge in [-0.3, -0.25) is 9.59 Å². The minimum atomic E-state index is -0.0166. The van der Waals surface area contributed by atoms with Crippen molar-refractivity contribution >= 4 is 11.7 Å². The largest absolute Gasteiger partial charge is 0.354 e. The highest BCUT2D eigenvalue weighted by Gasteiger charge is 2.37. The van der Waals surface area contributed by atoms with Crippen molar-refractivity contribution in [1.29, 1.82) is 0 Å². The van der Waals surface area contributed by atoms with Crippen molar-refractivity contribution in [3.63, 3.8) is 0 Å². The van der Waals surface area contributed by atoms with Gasteiger partial charge in [0.25, 0.3) is 0 Å². The number of nitrogens with one attached hydrogen (secondary N) is 2. The molecule has 2 N–H and O–H groups in total. The van der Waals surface area contributed by atoms with Crippen molar-refractivity contribution in [1.82, 2.24) is 15.2 Å². The number of nitrogens with zero attached hydrogens (tertiary/aromatic N) is 1. The number of amides is 1. The van der Waals surface area contributed by atoms with E-state index in [-0.39, 0.29) is 17.1 Å². The van der Waals surface area contributed by atoms with Crippen molar-refractivity contribution < 1.29 is 9.59 Å². The third kappa shape index (κ3) is 4.45. The lowest BCUT2D eigenvalue weighted by Gasteiger charge is -2.30. The number of carbonyl (C=O) groups excluding carboxylic acids is 2. The summed E-state index contributed by atoms with van der Waals surface area (Å²) < 4.78 is 2.31. The van der Waals surface area contributed by atoms with Crippen molar-refractivity contribution in [2.75, 3.05) is 13.1 Å². The molecular weight excluding hydrogens is 338 g/mol. The van der Waals surface area contributed by atoms with E-state index in [1.54, 1.807) is 0 Å². The van der Waals surface area contributed by atoms with Crippen LogP contribution in [0.15, 0.2) is 0 Å². The maximum Gasteiger partial charge on any atom is 0.224 e. The van der Waals surface area contributed by atoms with Crippen molar-refractivity contribution in [3.05, 3.63) is 22.5 Å². The summed E-state index contributed by atoms with van der Waals surface area (Å²) in [6.07, 6.45) is 4.06. The average molecular weight is 374 g/mol. The molecule has 0 bridgehead atoms. The Balaban J connectivity index is 1.85. The number of carbonyl (C=O) groups is 2. The van der Waals surface area contributed by atoms with E-state index >= 15 is 0 Å². The second-order valence-electron chi connectivity index (χ2n) is 9.61. The van der Waals surface area contributed by atoms with Crippen LogP contribution in [-0.2, 0) is 24.2 Å². The minimum absolute atomic E-state index is 0.0166. The fraction of sp³-hybridized carbons (Fsp3) is 0.727. The first-order chi connectivity index (χ1) is 12.7. The van der Waals surface area contributed by atoms with Crippen LogP contribution in [0.4, 0.5) is 0 Å². The number of hydrogen-bond donors (Lipinski definition) is 2. The zero-order chi connectivity index (χ0) is 19.8. The van der Waals surface area contributed by atoms with Gasteiger partial charge in [0, 0.05) is 42.5 Å². The van der Waals surface area contributed by atoms with Gasteiger partial charge in [-0.15, -0.1) is 0 Å². The van der Waals surface area contributed by atoms with E-state index < -0.39 is 0 Å². The summed E-state index contributed by atoms with van der Waals surface area (Å²) in [5.74, 6) is 0.719. The molecule has 0 radical (unpaired) electrons. The van der Waals surface area contributed by atoms with Gasteiger partial charge < -0.3 is 15.2 Å². The smallest absolute Gasteiger partial charge is 0.224 e. The molecule has 1 fully saturated rings. The molecule has 1 aliphatic heterocycles. The minimum Gasteiger partial charge on any atom is -0.354 e. The molecule has 27 heavy (non-hydrogen) atoms. The van der Waals surface area contributed by atoms with E-state index in [0.717, 1.165) is 48.4 Å².